The molecule has 0 fully saturated rings. The minimum absolute atomic E-state index is 0.173. The topological polar surface area (TPSA) is 84.2 Å². The van der Waals surface area contributed by atoms with Crippen molar-refractivity contribution in [1.29, 1.82) is 0 Å². The van der Waals surface area contributed by atoms with Crippen LogP contribution in [0.4, 0.5) is 10.7 Å². The van der Waals surface area contributed by atoms with Gasteiger partial charge in [0.2, 0.25) is 0 Å². The highest BCUT2D eigenvalue weighted by atomic mass is 32.1. The molecule has 22 heavy (non-hydrogen) atoms. The van der Waals surface area contributed by atoms with Crippen molar-refractivity contribution >= 4 is 29.0 Å². The summed E-state index contributed by atoms with van der Waals surface area (Å²) in [4.78, 5) is 20.7. The molecule has 8 heteroatoms. The van der Waals surface area contributed by atoms with Crippen LogP contribution in [0.15, 0.2) is 29.8 Å². The summed E-state index contributed by atoms with van der Waals surface area (Å²) in [5, 5.41) is 12.7. The first-order chi connectivity index (χ1) is 10.7. The van der Waals surface area contributed by atoms with Crippen molar-refractivity contribution in [2.45, 2.75) is 26.3 Å². The number of hydrogen-bond acceptors (Lipinski definition) is 5. The summed E-state index contributed by atoms with van der Waals surface area (Å²) in [6.07, 6.45) is 2.67. The van der Waals surface area contributed by atoms with Gasteiger partial charge in [0, 0.05) is 11.6 Å². The van der Waals surface area contributed by atoms with E-state index in [0.717, 1.165) is 17.1 Å². The molecule has 0 radical (unpaired) electrons. The first-order valence-corrected chi connectivity index (χ1v) is 7.87. The van der Waals surface area contributed by atoms with E-state index < -0.39 is 0 Å². The van der Waals surface area contributed by atoms with E-state index in [2.05, 4.69) is 32.6 Å². The fourth-order valence-corrected chi connectivity index (χ4v) is 2.82. The van der Waals surface area contributed by atoms with E-state index in [1.54, 1.807) is 22.0 Å². The predicted octanol–water partition coefficient (Wildman–Crippen LogP) is 2.63. The fraction of sp³-hybridized carbons (Fsp3) is 0.286. The Morgan fingerprint density at radius 3 is 3.00 bits per heavy atom. The number of carbonyl (C=O) groups is 1. The molecule has 3 rings (SSSR count). The van der Waals surface area contributed by atoms with Crippen molar-refractivity contribution < 1.29 is 4.79 Å². The van der Waals surface area contributed by atoms with Crippen molar-refractivity contribution in [3.05, 3.63) is 40.5 Å². The van der Waals surface area contributed by atoms with E-state index in [4.69, 9.17) is 0 Å². The standard InChI is InChI=1S/C14H16N6OS/c1-3-12-16-10(8-22-12)9(2)15-14(21)18-13-17-11-6-4-5-7-20(11)19-13/h4-9H,3H2,1-2H3,(H2,15,18,19,21). The normalized spacial score (nSPS) is 12.3. The molecule has 1 atom stereocenters. The molecule has 114 valence electrons. The number of amides is 2. The molecule has 3 heterocycles. The second kappa shape index (κ2) is 6.10. The van der Waals surface area contributed by atoms with E-state index in [9.17, 15) is 4.79 Å². The Morgan fingerprint density at radius 2 is 2.27 bits per heavy atom. The number of fused-ring (bicyclic) bond motifs is 1. The van der Waals surface area contributed by atoms with Crippen LogP contribution in [0.1, 0.15) is 30.6 Å². The summed E-state index contributed by atoms with van der Waals surface area (Å²) >= 11 is 1.60. The van der Waals surface area contributed by atoms with E-state index in [0.29, 0.717) is 5.65 Å². The lowest BCUT2D eigenvalue weighted by Crippen LogP contribution is -2.31. The molecule has 3 aromatic heterocycles. The van der Waals surface area contributed by atoms with Gasteiger partial charge in [0.1, 0.15) is 0 Å². The van der Waals surface area contributed by atoms with Crippen LogP contribution in [0, 0.1) is 0 Å². The van der Waals surface area contributed by atoms with E-state index in [-0.39, 0.29) is 18.0 Å². The molecule has 0 aliphatic heterocycles. The van der Waals surface area contributed by atoms with Crippen LogP contribution in [0.2, 0.25) is 0 Å². The molecule has 2 N–H and O–H groups in total. The van der Waals surface area contributed by atoms with Gasteiger partial charge in [0.05, 0.1) is 16.7 Å². The number of thiazole rings is 1. The van der Waals surface area contributed by atoms with Gasteiger partial charge in [-0.05, 0) is 25.5 Å². The number of rotatable bonds is 4. The molecule has 0 aromatic carbocycles. The maximum Gasteiger partial charge on any atom is 0.322 e. The molecular formula is C14H16N6OS. The van der Waals surface area contributed by atoms with Gasteiger partial charge in [-0.2, -0.15) is 4.98 Å². The molecule has 0 aliphatic rings. The molecule has 0 spiro atoms. The van der Waals surface area contributed by atoms with Crippen LogP contribution in [-0.2, 0) is 6.42 Å². The summed E-state index contributed by atoms with van der Waals surface area (Å²) in [7, 11) is 0. The second-order valence-corrected chi connectivity index (χ2v) is 5.72. The maximum atomic E-state index is 12.0. The van der Waals surface area contributed by atoms with Crippen LogP contribution >= 0.6 is 11.3 Å². The minimum Gasteiger partial charge on any atom is -0.330 e. The zero-order valence-electron chi connectivity index (χ0n) is 12.3. The molecule has 3 aromatic rings. The van der Waals surface area contributed by atoms with E-state index >= 15 is 0 Å². The summed E-state index contributed by atoms with van der Waals surface area (Å²) in [5.41, 5.74) is 1.54. The Hall–Kier alpha value is -2.48. The molecule has 0 saturated carbocycles. The molecule has 0 aliphatic carbocycles. The lowest BCUT2D eigenvalue weighted by Gasteiger charge is -2.11. The molecule has 1 unspecified atom stereocenters. The third kappa shape index (κ3) is 3.06. The number of nitrogens with one attached hydrogen (secondary N) is 2. The Bertz CT molecular complexity index is 762. The molecule has 7 nitrogen and oxygen atoms in total. The molecule has 0 bridgehead atoms. The number of hydrogen-bond donors (Lipinski definition) is 2. The van der Waals surface area contributed by atoms with Gasteiger partial charge in [-0.25, -0.2) is 14.3 Å². The fourth-order valence-electron chi connectivity index (χ4n) is 1.98. The quantitative estimate of drug-likeness (QED) is 0.775. The minimum atomic E-state index is -0.352. The summed E-state index contributed by atoms with van der Waals surface area (Å²) in [6.45, 7) is 3.95. The number of nitrogens with zero attached hydrogens (tertiary/aromatic N) is 4. The zero-order chi connectivity index (χ0) is 15.5. The maximum absolute atomic E-state index is 12.0. The van der Waals surface area contributed by atoms with Gasteiger partial charge < -0.3 is 5.32 Å². The SMILES string of the molecule is CCc1nc(C(C)NC(=O)Nc2nc3ccccn3n2)cs1. The smallest absolute Gasteiger partial charge is 0.322 e. The van der Waals surface area contributed by atoms with Crippen LogP contribution in [-0.4, -0.2) is 25.6 Å². The van der Waals surface area contributed by atoms with Gasteiger partial charge in [-0.15, -0.1) is 16.4 Å². The van der Waals surface area contributed by atoms with Crippen LogP contribution in [0.25, 0.3) is 5.65 Å². The summed E-state index contributed by atoms with van der Waals surface area (Å²) in [5.74, 6) is 0.267. The molecular weight excluding hydrogens is 300 g/mol. The third-order valence-corrected chi connectivity index (χ3v) is 4.14. The first kappa shape index (κ1) is 14.5. The van der Waals surface area contributed by atoms with Crippen LogP contribution in [0.5, 0.6) is 0 Å². The van der Waals surface area contributed by atoms with Crippen LogP contribution in [0.3, 0.4) is 0 Å². The van der Waals surface area contributed by atoms with Gasteiger partial charge in [0.15, 0.2) is 5.65 Å². The lowest BCUT2D eigenvalue weighted by molar-refractivity contribution is 0.249. The van der Waals surface area contributed by atoms with Gasteiger partial charge in [0.25, 0.3) is 5.95 Å². The zero-order valence-corrected chi connectivity index (χ0v) is 13.1. The number of aryl methyl sites for hydroxylation is 1. The first-order valence-electron chi connectivity index (χ1n) is 6.99. The largest absolute Gasteiger partial charge is 0.330 e. The lowest BCUT2D eigenvalue weighted by atomic mass is 10.3. The summed E-state index contributed by atoms with van der Waals surface area (Å²) in [6, 6.07) is 5.01. The van der Waals surface area contributed by atoms with Crippen molar-refractivity contribution in [3.8, 4) is 0 Å². The Labute approximate surface area is 131 Å². The van der Waals surface area contributed by atoms with Crippen molar-refractivity contribution in [1.82, 2.24) is 24.9 Å². The number of urea groups is 1. The number of pyridine rings is 1. The third-order valence-electron chi connectivity index (χ3n) is 3.13. The highest BCUT2D eigenvalue weighted by Gasteiger charge is 2.14. The van der Waals surface area contributed by atoms with Gasteiger partial charge in [-0.1, -0.05) is 13.0 Å². The van der Waals surface area contributed by atoms with Crippen molar-refractivity contribution in [3.63, 3.8) is 0 Å². The number of anilines is 1. The highest BCUT2D eigenvalue weighted by molar-refractivity contribution is 7.09. The Balaban J connectivity index is 1.64. The average Bonchev–Trinajstić information content (AvgIpc) is 3.12. The second-order valence-electron chi connectivity index (χ2n) is 4.78. The Morgan fingerprint density at radius 1 is 1.41 bits per heavy atom. The van der Waals surface area contributed by atoms with Crippen molar-refractivity contribution in [2.24, 2.45) is 0 Å². The molecule has 2 amide bonds. The van der Waals surface area contributed by atoms with Crippen LogP contribution < -0.4 is 10.6 Å². The van der Waals surface area contributed by atoms with Gasteiger partial charge in [-0.3, -0.25) is 5.32 Å². The number of carbonyl (C=O) groups excluding carboxylic acids is 1. The van der Waals surface area contributed by atoms with Crippen molar-refractivity contribution in [2.75, 3.05) is 5.32 Å². The Kier molecular flexibility index (Phi) is 4.01. The average molecular weight is 316 g/mol. The number of aromatic nitrogens is 4. The molecule has 0 saturated heterocycles. The van der Waals surface area contributed by atoms with E-state index in [1.807, 2.05) is 30.5 Å². The monoisotopic (exact) mass is 316 g/mol. The summed E-state index contributed by atoms with van der Waals surface area (Å²) < 4.78 is 1.60. The highest BCUT2D eigenvalue weighted by Crippen LogP contribution is 2.17. The predicted molar refractivity (Wildman–Crippen MR) is 85.0 cm³/mol. The van der Waals surface area contributed by atoms with Gasteiger partial charge >= 0.3 is 6.03 Å². The van der Waals surface area contributed by atoms with E-state index in [1.165, 1.54) is 0 Å².